The summed E-state index contributed by atoms with van der Waals surface area (Å²) in [6.07, 6.45) is 0. The Morgan fingerprint density at radius 1 is 1.10 bits per heavy atom. The Labute approximate surface area is 173 Å². The summed E-state index contributed by atoms with van der Waals surface area (Å²) in [6, 6.07) is 9.27. The molecular formula is C20H16F2N2O4S. The average molecular weight is 421 g/mol. The minimum absolute atomic E-state index is 0.0351. The number of carbonyl (C=O) groups excluding carboxylic acids is 2. The molecule has 0 spiro atoms. The van der Waals surface area contributed by atoms with E-state index < -0.39 is 36.2 Å². The van der Waals surface area contributed by atoms with Crippen LogP contribution < -0.4 is 15.5 Å². The maximum Gasteiger partial charge on any atom is 0.285 e. The molecule has 1 heterocycles. The first kappa shape index (κ1) is 16.6. The van der Waals surface area contributed by atoms with E-state index in [1.165, 1.54) is 48.9 Å². The van der Waals surface area contributed by atoms with Crippen molar-refractivity contribution in [2.24, 2.45) is 0 Å². The van der Waals surface area contributed by atoms with Crippen molar-refractivity contribution in [1.29, 1.82) is 0 Å². The SMILES string of the molecule is [2H]C([2H])([2H])Oc1cccc(-c2ccc(NC(=O)c3ccsc3C(=O)NOC)c(F)c2F)c1. The highest BCUT2D eigenvalue weighted by atomic mass is 32.1. The van der Waals surface area contributed by atoms with Crippen molar-refractivity contribution >= 4 is 28.8 Å². The molecule has 0 fully saturated rings. The number of thiophene rings is 1. The van der Waals surface area contributed by atoms with Crippen LogP contribution in [0.25, 0.3) is 11.1 Å². The molecule has 0 atom stereocenters. The molecule has 29 heavy (non-hydrogen) atoms. The van der Waals surface area contributed by atoms with Gasteiger partial charge in [0.15, 0.2) is 11.6 Å². The zero-order valence-electron chi connectivity index (χ0n) is 17.9. The molecule has 2 N–H and O–H groups in total. The normalized spacial score (nSPS) is 12.4. The summed E-state index contributed by atoms with van der Waals surface area (Å²) in [4.78, 5) is 29.0. The van der Waals surface area contributed by atoms with Gasteiger partial charge in [-0.2, -0.15) is 0 Å². The fraction of sp³-hybridized carbons (Fsp3) is 0.100. The Balaban J connectivity index is 1.86. The van der Waals surface area contributed by atoms with E-state index >= 15 is 0 Å². The van der Waals surface area contributed by atoms with Gasteiger partial charge in [-0.3, -0.25) is 14.4 Å². The van der Waals surface area contributed by atoms with Crippen LogP contribution in [0.15, 0.2) is 47.8 Å². The number of benzene rings is 2. The monoisotopic (exact) mass is 421 g/mol. The standard InChI is InChI=1S/C20H16F2N2O4S/c1-27-12-5-3-4-11(10-12)13-6-7-15(17(22)16(13)21)23-19(25)14-8-9-29-18(14)20(26)24-28-2/h3-10H,1-2H3,(H,23,25)(H,24,26)/i1D3. The van der Waals surface area contributed by atoms with Crippen LogP contribution in [0.5, 0.6) is 5.75 Å². The lowest BCUT2D eigenvalue weighted by Gasteiger charge is -2.11. The van der Waals surface area contributed by atoms with E-state index in [-0.39, 0.29) is 27.3 Å². The highest BCUT2D eigenvalue weighted by Gasteiger charge is 2.22. The minimum atomic E-state index is -2.70. The molecule has 1 aromatic heterocycles. The van der Waals surface area contributed by atoms with Gasteiger partial charge in [-0.15, -0.1) is 11.3 Å². The fourth-order valence-electron chi connectivity index (χ4n) is 2.59. The van der Waals surface area contributed by atoms with Gasteiger partial charge in [0.2, 0.25) is 0 Å². The molecule has 9 heteroatoms. The lowest BCUT2D eigenvalue weighted by molar-refractivity contribution is 0.0540. The molecule has 0 aliphatic carbocycles. The van der Waals surface area contributed by atoms with Crippen molar-refractivity contribution in [3.8, 4) is 16.9 Å². The zero-order valence-corrected chi connectivity index (χ0v) is 15.7. The van der Waals surface area contributed by atoms with E-state index in [1.807, 2.05) is 0 Å². The second kappa shape index (κ2) is 8.80. The van der Waals surface area contributed by atoms with E-state index in [4.69, 9.17) is 8.85 Å². The number of methoxy groups -OCH3 is 1. The van der Waals surface area contributed by atoms with Gasteiger partial charge in [0.05, 0.1) is 29.5 Å². The van der Waals surface area contributed by atoms with Crippen LogP contribution in [0.4, 0.5) is 14.5 Å². The molecular weight excluding hydrogens is 402 g/mol. The molecule has 0 saturated carbocycles. The quantitative estimate of drug-likeness (QED) is 0.584. The average Bonchev–Trinajstić information content (AvgIpc) is 3.21. The Bertz CT molecular complexity index is 1170. The molecule has 0 aliphatic rings. The molecule has 0 unspecified atom stereocenters. The number of halogens is 2. The third-order valence-corrected chi connectivity index (χ3v) is 4.82. The molecule has 6 nitrogen and oxygen atoms in total. The van der Waals surface area contributed by atoms with Crippen LogP contribution in [0, 0.1) is 11.6 Å². The van der Waals surface area contributed by atoms with Crippen molar-refractivity contribution in [3.63, 3.8) is 0 Å². The number of ether oxygens (including phenoxy) is 1. The van der Waals surface area contributed by atoms with Crippen LogP contribution in [-0.2, 0) is 4.84 Å². The molecule has 0 radical (unpaired) electrons. The summed E-state index contributed by atoms with van der Waals surface area (Å²) in [5, 5.41) is 3.74. The number of hydroxylamine groups is 1. The van der Waals surface area contributed by atoms with E-state index in [1.54, 1.807) is 0 Å². The first-order valence-corrected chi connectivity index (χ1v) is 8.98. The van der Waals surface area contributed by atoms with Crippen molar-refractivity contribution < 1.29 is 32.1 Å². The number of rotatable bonds is 6. The Morgan fingerprint density at radius 3 is 2.69 bits per heavy atom. The summed E-state index contributed by atoms with van der Waals surface area (Å²) in [7, 11) is -1.47. The van der Waals surface area contributed by atoms with Gasteiger partial charge in [0, 0.05) is 5.56 Å². The smallest absolute Gasteiger partial charge is 0.285 e. The lowest BCUT2D eigenvalue weighted by atomic mass is 10.0. The van der Waals surface area contributed by atoms with E-state index in [2.05, 4.69) is 15.6 Å². The third kappa shape index (κ3) is 4.25. The second-order valence-corrected chi connectivity index (χ2v) is 6.59. The van der Waals surface area contributed by atoms with Gasteiger partial charge < -0.3 is 10.1 Å². The third-order valence-electron chi connectivity index (χ3n) is 3.90. The predicted molar refractivity (Wildman–Crippen MR) is 105 cm³/mol. The molecule has 0 saturated heterocycles. The van der Waals surface area contributed by atoms with Gasteiger partial charge in [-0.1, -0.05) is 12.1 Å². The molecule has 2 aromatic carbocycles. The maximum absolute atomic E-state index is 14.8. The van der Waals surface area contributed by atoms with Crippen LogP contribution >= 0.6 is 11.3 Å². The van der Waals surface area contributed by atoms with Crippen LogP contribution in [0.3, 0.4) is 0 Å². The van der Waals surface area contributed by atoms with Gasteiger partial charge in [-0.05, 0) is 41.3 Å². The van der Waals surface area contributed by atoms with Crippen LogP contribution in [-0.4, -0.2) is 26.0 Å². The van der Waals surface area contributed by atoms with E-state index in [0.717, 1.165) is 17.4 Å². The lowest BCUT2D eigenvalue weighted by Crippen LogP contribution is -2.24. The van der Waals surface area contributed by atoms with E-state index in [0.29, 0.717) is 0 Å². The van der Waals surface area contributed by atoms with Crippen molar-refractivity contribution in [1.82, 2.24) is 5.48 Å². The first-order valence-electron chi connectivity index (χ1n) is 9.60. The summed E-state index contributed by atoms with van der Waals surface area (Å²) in [5.41, 5.74) is 1.63. The number of amides is 2. The van der Waals surface area contributed by atoms with Gasteiger partial charge in [0.25, 0.3) is 11.8 Å². The van der Waals surface area contributed by atoms with E-state index in [9.17, 15) is 18.4 Å². The number of nitrogens with one attached hydrogen (secondary N) is 2. The summed E-state index contributed by atoms with van der Waals surface area (Å²) < 4.78 is 55.7. The molecule has 0 aliphatic heterocycles. The second-order valence-electron chi connectivity index (χ2n) is 5.67. The Morgan fingerprint density at radius 2 is 1.93 bits per heavy atom. The summed E-state index contributed by atoms with van der Waals surface area (Å²) in [5.74, 6) is -4.09. The summed E-state index contributed by atoms with van der Waals surface area (Å²) in [6.45, 7) is 0. The topological polar surface area (TPSA) is 76.7 Å². The number of carbonyl (C=O) groups is 2. The first-order chi connectivity index (χ1) is 15.1. The molecule has 150 valence electrons. The Kier molecular flexibility index (Phi) is 5.05. The largest absolute Gasteiger partial charge is 0.497 e. The molecule has 0 bridgehead atoms. The maximum atomic E-state index is 14.8. The Hall–Kier alpha value is -3.30. The summed E-state index contributed by atoms with van der Waals surface area (Å²) >= 11 is 0.976. The van der Waals surface area contributed by atoms with Gasteiger partial charge in [-0.25, -0.2) is 14.3 Å². The molecule has 2 amide bonds. The van der Waals surface area contributed by atoms with Gasteiger partial charge in [0.1, 0.15) is 10.6 Å². The minimum Gasteiger partial charge on any atom is -0.497 e. The highest BCUT2D eigenvalue weighted by molar-refractivity contribution is 7.12. The van der Waals surface area contributed by atoms with Gasteiger partial charge >= 0.3 is 0 Å². The molecule has 3 aromatic rings. The number of hydrogen-bond donors (Lipinski definition) is 2. The number of anilines is 1. The zero-order chi connectivity index (χ0) is 23.5. The molecule has 3 rings (SSSR count). The van der Waals surface area contributed by atoms with Crippen molar-refractivity contribution in [3.05, 3.63) is 69.9 Å². The van der Waals surface area contributed by atoms with Crippen molar-refractivity contribution in [2.75, 3.05) is 19.5 Å². The number of hydrogen-bond acceptors (Lipinski definition) is 5. The highest BCUT2D eigenvalue weighted by Crippen LogP contribution is 2.31. The predicted octanol–water partition coefficient (Wildman–Crippen LogP) is 4.25. The van der Waals surface area contributed by atoms with Crippen LogP contribution in [0.2, 0.25) is 0 Å². The fourth-order valence-corrected chi connectivity index (χ4v) is 3.37. The van der Waals surface area contributed by atoms with Crippen molar-refractivity contribution in [2.45, 2.75) is 0 Å². The van der Waals surface area contributed by atoms with Crippen LogP contribution in [0.1, 0.15) is 24.1 Å².